The van der Waals surface area contributed by atoms with E-state index in [1.807, 2.05) is 26.8 Å². The minimum Gasteiger partial charge on any atom is -0.485 e. The van der Waals surface area contributed by atoms with Gasteiger partial charge in [-0.25, -0.2) is 4.79 Å². The third kappa shape index (κ3) is 5.74. The second-order valence-corrected chi connectivity index (χ2v) is 3.98. The van der Waals surface area contributed by atoms with E-state index in [9.17, 15) is 4.79 Å². The van der Waals surface area contributed by atoms with Gasteiger partial charge in [0, 0.05) is 5.41 Å². The van der Waals surface area contributed by atoms with Gasteiger partial charge in [0.15, 0.2) is 6.61 Å². The molecular formula is C11H17NO3. The Morgan fingerprint density at radius 3 is 2.40 bits per heavy atom. The maximum absolute atomic E-state index is 11.0. The van der Waals surface area contributed by atoms with Gasteiger partial charge in [0.1, 0.15) is 5.76 Å². The molecule has 4 heteroatoms. The van der Waals surface area contributed by atoms with Crippen LogP contribution in [-0.2, 0) is 14.3 Å². The fourth-order valence-electron chi connectivity index (χ4n) is 0.873. The van der Waals surface area contributed by atoms with E-state index in [1.165, 1.54) is 6.08 Å². The summed E-state index contributed by atoms with van der Waals surface area (Å²) < 4.78 is 9.93. The zero-order chi connectivity index (χ0) is 11.9. The van der Waals surface area contributed by atoms with Crippen LogP contribution in [0.15, 0.2) is 11.8 Å². The molecule has 0 aromatic rings. The number of carbonyl (C=O) groups is 1. The van der Waals surface area contributed by atoms with Gasteiger partial charge in [0.25, 0.3) is 0 Å². The van der Waals surface area contributed by atoms with E-state index < -0.39 is 5.97 Å². The summed E-state index contributed by atoms with van der Waals surface area (Å²) in [6, 6.07) is 1.89. The molecule has 0 fully saturated rings. The number of nitrogens with zero attached hydrogens (tertiary/aromatic N) is 1. The largest absolute Gasteiger partial charge is 0.485 e. The van der Waals surface area contributed by atoms with Crippen molar-refractivity contribution in [3.05, 3.63) is 11.8 Å². The second kappa shape index (κ2) is 6.07. The molecule has 0 aromatic heterocycles. The minimum atomic E-state index is -0.425. The molecule has 0 spiro atoms. The number of hydrogen-bond donors (Lipinski definition) is 0. The Labute approximate surface area is 90.5 Å². The number of carbonyl (C=O) groups excluding carboxylic acids is 1. The Morgan fingerprint density at radius 1 is 1.40 bits per heavy atom. The molecule has 15 heavy (non-hydrogen) atoms. The molecule has 0 atom stereocenters. The first-order valence-electron chi connectivity index (χ1n) is 4.80. The van der Waals surface area contributed by atoms with Crippen LogP contribution >= 0.6 is 0 Å². The highest BCUT2D eigenvalue weighted by atomic mass is 16.6. The number of esters is 1. The van der Waals surface area contributed by atoms with Crippen molar-refractivity contribution in [2.24, 2.45) is 5.41 Å². The Bertz CT molecular complexity index is 281. The molecule has 0 N–H and O–H groups in total. The third-order valence-corrected chi connectivity index (χ3v) is 1.59. The lowest BCUT2D eigenvalue weighted by atomic mass is 9.93. The zero-order valence-corrected chi connectivity index (χ0v) is 9.66. The topological polar surface area (TPSA) is 59.3 Å². The van der Waals surface area contributed by atoms with Crippen LogP contribution in [0.1, 0.15) is 27.7 Å². The van der Waals surface area contributed by atoms with Crippen LogP contribution in [-0.4, -0.2) is 19.2 Å². The van der Waals surface area contributed by atoms with E-state index >= 15 is 0 Å². The molecule has 0 aliphatic rings. The summed E-state index contributed by atoms with van der Waals surface area (Å²) in [5.74, 6) is 0.0589. The molecule has 0 rings (SSSR count). The smallest absolute Gasteiger partial charge is 0.344 e. The Kier molecular flexibility index (Phi) is 5.46. The van der Waals surface area contributed by atoms with Crippen LogP contribution in [0.5, 0.6) is 0 Å². The van der Waals surface area contributed by atoms with Crippen molar-refractivity contribution in [3.8, 4) is 6.07 Å². The number of ether oxygens (including phenoxy) is 2. The predicted octanol–water partition coefficient (Wildman–Crippen LogP) is 2.02. The maximum atomic E-state index is 11.0. The van der Waals surface area contributed by atoms with Crippen LogP contribution in [0.25, 0.3) is 0 Å². The molecule has 0 radical (unpaired) electrons. The van der Waals surface area contributed by atoms with Crippen molar-refractivity contribution in [3.63, 3.8) is 0 Å². The lowest BCUT2D eigenvalue weighted by Gasteiger charge is -2.21. The molecule has 0 amide bonds. The van der Waals surface area contributed by atoms with Crippen LogP contribution in [0, 0.1) is 16.7 Å². The summed E-state index contributed by atoms with van der Waals surface area (Å²) >= 11 is 0. The van der Waals surface area contributed by atoms with E-state index in [2.05, 4.69) is 0 Å². The monoisotopic (exact) mass is 211 g/mol. The summed E-state index contributed by atoms with van der Waals surface area (Å²) in [7, 11) is 0. The highest BCUT2D eigenvalue weighted by Crippen LogP contribution is 2.25. The van der Waals surface area contributed by atoms with E-state index in [0.29, 0.717) is 12.4 Å². The molecule has 0 unspecified atom stereocenters. The van der Waals surface area contributed by atoms with E-state index in [-0.39, 0.29) is 12.0 Å². The zero-order valence-electron chi connectivity index (χ0n) is 9.66. The molecule has 4 nitrogen and oxygen atoms in total. The van der Waals surface area contributed by atoms with Gasteiger partial charge in [-0.15, -0.1) is 0 Å². The number of nitriles is 1. The third-order valence-electron chi connectivity index (χ3n) is 1.59. The highest BCUT2D eigenvalue weighted by molar-refractivity contribution is 5.70. The second-order valence-electron chi connectivity index (χ2n) is 3.98. The number of hydrogen-bond acceptors (Lipinski definition) is 4. The highest BCUT2D eigenvalue weighted by Gasteiger charge is 2.19. The van der Waals surface area contributed by atoms with Gasteiger partial charge >= 0.3 is 5.97 Å². The number of allylic oxidation sites excluding steroid dienone is 2. The minimum absolute atomic E-state index is 0.154. The normalized spacial score (nSPS) is 11.8. The van der Waals surface area contributed by atoms with Crippen molar-refractivity contribution in [2.75, 3.05) is 13.2 Å². The maximum Gasteiger partial charge on any atom is 0.344 e. The molecule has 0 aromatic carbocycles. The van der Waals surface area contributed by atoms with Gasteiger partial charge < -0.3 is 9.47 Å². The first-order valence-corrected chi connectivity index (χ1v) is 4.80. The standard InChI is InChI=1S/C11H17NO3/c1-5-14-10(13)8-15-9(6-7-12)11(2,3)4/h6H,5,8H2,1-4H3/b9-6+. The molecule has 0 saturated carbocycles. The lowest BCUT2D eigenvalue weighted by molar-refractivity contribution is -0.147. The van der Waals surface area contributed by atoms with Gasteiger partial charge in [-0.1, -0.05) is 20.8 Å². The average molecular weight is 211 g/mol. The molecular weight excluding hydrogens is 194 g/mol. The summed E-state index contributed by atoms with van der Waals surface area (Å²) in [5.41, 5.74) is -0.289. The first-order chi connectivity index (χ1) is 6.91. The lowest BCUT2D eigenvalue weighted by Crippen LogP contribution is -2.18. The van der Waals surface area contributed by atoms with Crippen LogP contribution in [0.2, 0.25) is 0 Å². The molecule has 84 valence electrons. The quantitative estimate of drug-likeness (QED) is 0.405. The molecule has 0 heterocycles. The van der Waals surface area contributed by atoms with Gasteiger partial charge in [-0.05, 0) is 6.92 Å². The molecule has 0 bridgehead atoms. The van der Waals surface area contributed by atoms with Crippen molar-refractivity contribution in [2.45, 2.75) is 27.7 Å². The van der Waals surface area contributed by atoms with Gasteiger partial charge in [0.2, 0.25) is 0 Å². The van der Waals surface area contributed by atoms with E-state index in [0.717, 1.165) is 0 Å². The predicted molar refractivity (Wildman–Crippen MR) is 55.7 cm³/mol. The van der Waals surface area contributed by atoms with Crippen molar-refractivity contribution < 1.29 is 14.3 Å². The average Bonchev–Trinajstić information content (AvgIpc) is 2.10. The van der Waals surface area contributed by atoms with Gasteiger partial charge in [-0.2, -0.15) is 5.26 Å². The van der Waals surface area contributed by atoms with Crippen LogP contribution in [0.4, 0.5) is 0 Å². The van der Waals surface area contributed by atoms with Crippen molar-refractivity contribution >= 4 is 5.97 Å². The Morgan fingerprint density at radius 2 is 2.00 bits per heavy atom. The summed E-state index contributed by atoms with van der Waals surface area (Å²) in [6.07, 6.45) is 1.30. The van der Waals surface area contributed by atoms with E-state index in [1.54, 1.807) is 6.92 Å². The van der Waals surface area contributed by atoms with Crippen molar-refractivity contribution in [1.82, 2.24) is 0 Å². The molecule has 0 aliphatic carbocycles. The molecule has 0 saturated heterocycles. The summed E-state index contributed by atoms with van der Waals surface area (Å²) in [6.45, 7) is 7.62. The van der Waals surface area contributed by atoms with E-state index in [4.69, 9.17) is 14.7 Å². The number of rotatable bonds is 4. The van der Waals surface area contributed by atoms with Crippen molar-refractivity contribution in [1.29, 1.82) is 5.26 Å². The Hall–Kier alpha value is -1.50. The SMILES string of the molecule is CCOC(=O)CO/C(=C/C#N)C(C)(C)C. The van der Waals surface area contributed by atoms with Crippen LogP contribution in [0.3, 0.4) is 0 Å². The fourth-order valence-corrected chi connectivity index (χ4v) is 0.873. The fraction of sp³-hybridized carbons (Fsp3) is 0.636. The summed E-state index contributed by atoms with van der Waals surface area (Å²) in [4.78, 5) is 11.0. The van der Waals surface area contributed by atoms with Gasteiger partial charge in [-0.3, -0.25) is 0 Å². The van der Waals surface area contributed by atoms with Gasteiger partial charge in [0.05, 0.1) is 18.8 Å². The molecule has 0 aliphatic heterocycles. The van der Waals surface area contributed by atoms with Crippen LogP contribution < -0.4 is 0 Å². The summed E-state index contributed by atoms with van der Waals surface area (Å²) in [5, 5.41) is 8.55. The Balaban J connectivity index is 4.30. The first kappa shape index (κ1) is 13.5.